The number of aliphatic hydroxyl groups excluding tert-OH is 1. The molecule has 2 rings (SSSR count). The lowest BCUT2D eigenvalue weighted by molar-refractivity contribution is 0.169. The largest absolute Gasteiger partial charge is 0.508 e. The number of rotatable bonds is 14. The van der Waals surface area contributed by atoms with Crippen LogP contribution in [0.5, 0.6) is 11.5 Å². The molecule has 0 fully saturated rings. The fourth-order valence-electron chi connectivity index (χ4n) is 2.73. The fraction of sp³-hybridized carbons (Fsp3) is 0.429. The molecule has 28 heavy (non-hydrogen) atoms. The summed E-state index contributed by atoms with van der Waals surface area (Å²) in [7, 11) is 0. The van der Waals surface area contributed by atoms with Crippen molar-refractivity contribution in [2.45, 2.75) is 19.2 Å². The summed E-state index contributed by atoms with van der Waals surface area (Å²) in [5.74, 6) is 0.610. The van der Waals surface area contributed by atoms with Crippen molar-refractivity contribution in [2.24, 2.45) is 0 Å². The molecular weight excluding hydrogens is 356 g/mol. The molecule has 7 heteroatoms. The van der Waals surface area contributed by atoms with Gasteiger partial charge in [-0.3, -0.25) is 0 Å². The van der Waals surface area contributed by atoms with Crippen LogP contribution in [-0.4, -0.2) is 60.7 Å². The lowest BCUT2D eigenvalue weighted by atomic mass is 10.2. The van der Waals surface area contributed by atoms with Crippen LogP contribution < -0.4 is 21.3 Å². The zero-order valence-corrected chi connectivity index (χ0v) is 16.2. The first-order valence-electron chi connectivity index (χ1n) is 9.71. The van der Waals surface area contributed by atoms with Gasteiger partial charge in [-0.05, 0) is 12.1 Å². The quantitative estimate of drug-likeness (QED) is 0.236. The Balaban J connectivity index is 1.41. The van der Waals surface area contributed by atoms with Gasteiger partial charge in [-0.25, -0.2) is 0 Å². The first kappa shape index (κ1) is 22.1. The molecule has 0 aromatic heterocycles. The Morgan fingerprint density at radius 3 is 1.43 bits per heavy atom. The van der Waals surface area contributed by atoms with Crippen LogP contribution in [0.15, 0.2) is 48.5 Å². The highest BCUT2D eigenvalue weighted by Gasteiger charge is 2.03. The van der Waals surface area contributed by atoms with Crippen LogP contribution >= 0.6 is 0 Å². The van der Waals surface area contributed by atoms with Crippen molar-refractivity contribution in [3.63, 3.8) is 0 Å². The van der Waals surface area contributed by atoms with Crippen LogP contribution in [0.2, 0.25) is 0 Å². The number of benzene rings is 2. The molecule has 7 N–H and O–H groups in total. The third-order valence-corrected chi connectivity index (χ3v) is 4.33. The van der Waals surface area contributed by atoms with Crippen molar-refractivity contribution in [3.05, 3.63) is 59.7 Å². The van der Waals surface area contributed by atoms with Crippen molar-refractivity contribution in [1.29, 1.82) is 0 Å². The summed E-state index contributed by atoms with van der Waals surface area (Å²) in [6.07, 6.45) is -0.448. The number of hydrogen-bond acceptors (Lipinski definition) is 7. The van der Waals surface area contributed by atoms with E-state index >= 15 is 0 Å². The van der Waals surface area contributed by atoms with Gasteiger partial charge in [0, 0.05) is 63.5 Å². The highest BCUT2D eigenvalue weighted by Crippen LogP contribution is 2.15. The van der Waals surface area contributed by atoms with E-state index in [9.17, 15) is 15.3 Å². The molecule has 0 saturated heterocycles. The number of nitrogens with one attached hydrogen (secondary N) is 4. The average Bonchev–Trinajstić information content (AvgIpc) is 2.70. The molecule has 0 aliphatic carbocycles. The molecule has 0 unspecified atom stereocenters. The summed E-state index contributed by atoms with van der Waals surface area (Å²) in [6, 6.07) is 14.6. The maximum atomic E-state index is 9.96. The Bertz CT molecular complexity index is 627. The summed E-state index contributed by atoms with van der Waals surface area (Å²) in [5.41, 5.74) is 1.76. The van der Waals surface area contributed by atoms with E-state index in [1.165, 1.54) is 0 Å². The molecule has 154 valence electrons. The molecule has 0 heterocycles. The van der Waals surface area contributed by atoms with E-state index in [1.54, 1.807) is 24.3 Å². The van der Waals surface area contributed by atoms with Gasteiger partial charge >= 0.3 is 0 Å². The number of hydrogen-bond donors (Lipinski definition) is 7. The van der Waals surface area contributed by atoms with Gasteiger partial charge in [-0.1, -0.05) is 36.4 Å². The highest BCUT2D eigenvalue weighted by atomic mass is 16.3. The summed E-state index contributed by atoms with van der Waals surface area (Å²) >= 11 is 0. The van der Waals surface area contributed by atoms with E-state index < -0.39 is 6.10 Å². The summed E-state index contributed by atoms with van der Waals surface area (Å²) in [5, 5.41) is 42.2. The monoisotopic (exact) mass is 388 g/mol. The van der Waals surface area contributed by atoms with Crippen molar-refractivity contribution in [3.8, 4) is 11.5 Å². The standard InChI is InChI=1S/C21H32N4O3/c26-19(15-24-11-9-22-13-17-5-1-3-7-20(17)27)16-25-12-10-23-14-18-6-2-4-8-21(18)28/h1-8,19,22-28H,9-16H2. The number of aliphatic hydroxyl groups is 1. The normalized spacial score (nSPS) is 11.2. The van der Waals surface area contributed by atoms with Crippen molar-refractivity contribution >= 4 is 0 Å². The lowest BCUT2D eigenvalue weighted by Gasteiger charge is -2.14. The molecule has 0 aliphatic rings. The number of phenolic OH excluding ortho intramolecular Hbond substituents is 2. The van der Waals surface area contributed by atoms with Gasteiger partial charge in [-0.2, -0.15) is 0 Å². The van der Waals surface area contributed by atoms with Gasteiger partial charge in [-0.15, -0.1) is 0 Å². The Morgan fingerprint density at radius 2 is 1.00 bits per heavy atom. The number of para-hydroxylation sites is 2. The molecular formula is C21H32N4O3. The van der Waals surface area contributed by atoms with Crippen molar-refractivity contribution in [2.75, 3.05) is 39.3 Å². The minimum Gasteiger partial charge on any atom is -0.508 e. The van der Waals surface area contributed by atoms with Gasteiger partial charge in [0.1, 0.15) is 11.5 Å². The summed E-state index contributed by atoms with van der Waals surface area (Å²) in [6.45, 7) is 5.28. The second kappa shape index (κ2) is 13.1. The van der Waals surface area contributed by atoms with Crippen LogP contribution in [0.25, 0.3) is 0 Å². The Hall–Kier alpha value is -2.16. The molecule has 0 radical (unpaired) electrons. The van der Waals surface area contributed by atoms with E-state index in [0.29, 0.717) is 37.7 Å². The molecule has 0 amide bonds. The zero-order chi connectivity index (χ0) is 20.0. The minimum atomic E-state index is -0.448. The Labute approximate surface area is 166 Å². The van der Waals surface area contributed by atoms with Gasteiger partial charge < -0.3 is 36.6 Å². The summed E-state index contributed by atoms with van der Waals surface area (Å²) < 4.78 is 0. The highest BCUT2D eigenvalue weighted by molar-refractivity contribution is 5.32. The third-order valence-electron chi connectivity index (χ3n) is 4.33. The molecule has 0 saturated carbocycles. The first-order valence-corrected chi connectivity index (χ1v) is 9.71. The molecule has 0 atom stereocenters. The van der Waals surface area contributed by atoms with Gasteiger partial charge in [0.2, 0.25) is 0 Å². The molecule has 0 bridgehead atoms. The number of aromatic hydroxyl groups is 2. The van der Waals surface area contributed by atoms with Crippen molar-refractivity contribution < 1.29 is 15.3 Å². The molecule has 0 aliphatic heterocycles. The second-order valence-corrected chi connectivity index (χ2v) is 6.67. The molecule has 0 spiro atoms. The van der Waals surface area contributed by atoms with Crippen LogP contribution in [-0.2, 0) is 13.1 Å². The van der Waals surface area contributed by atoms with Gasteiger partial charge in [0.25, 0.3) is 0 Å². The predicted octanol–water partition coefficient (Wildman–Crippen LogP) is 0.517. The van der Waals surface area contributed by atoms with Crippen LogP contribution in [0.1, 0.15) is 11.1 Å². The average molecular weight is 389 g/mol. The lowest BCUT2D eigenvalue weighted by Crippen LogP contribution is -2.39. The second-order valence-electron chi connectivity index (χ2n) is 6.67. The molecule has 2 aromatic rings. The van der Waals surface area contributed by atoms with Crippen molar-refractivity contribution in [1.82, 2.24) is 21.3 Å². The summed E-state index contributed by atoms with van der Waals surface area (Å²) in [4.78, 5) is 0. The van der Waals surface area contributed by atoms with Gasteiger partial charge in [0.05, 0.1) is 6.10 Å². The first-order chi connectivity index (χ1) is 13.7. The van der Waals surface area contributed by atoms with E-state index in [4.69, 9.17) is 0 Å². The SMILES string of the molecule is Oc1ccccc1CNCCNCC(O)CNCCNCc1ccccc1O. The van der Waals surface area contributed by atoms with Crippen LogP contribution in [0.3, 0.4) is 0 Å². The Morgan fingerprint density at radius 1 is 0.607 bits per heavy atom. The van der Waals surface area contributed by atoms with Crippen LogP contribution in [0, 0.1) is 0 Å². The molecule has 7 nitrogen and oxygen atoms in total. The van der Waals surface area contributed by atoms with E-state index in [0.717, 1.165) is 37.3 Å². The zero-order valence-electron chi connectivity index (χ0n) is 16.2. The third kappa shape index (κ3) is 8.69. The topological polar surface area (TPSA) is 109 Å². The van der Waals surface area contributed by atoms with Gasteiger partial charge in [0.15, 0.2) is 0 Å². The smallest absolute Gasteiger partial charge is 0.120 e. The minimum absolute atomic E-state index is 0.305. The number of phenols is 2. The Kier molecular flexibility index (Phi) is 10.3. The maximum Gasteiger partial charge on any atom is 0.120 e. The van der Waals surface area contributed by atoms with Crippen LogP contribution in [0.4, 0.5) is 0 Å². The molecule has 2 aromatic carbocycles. The van der Waals surface area contributed by atoms with E-state index in [-0.39, 0.29) is 0 Å². The predicted molar refractivity (Wildman–Crippen MR) is 111 cm³/mol. The van der Waals surface area contributed by atoms with E-state index in [2.05, 4.69) is 21.3 Å². The van der Waals surface area contributed by atoms with E-state index in [1.807, 2.05) is 24.3 Å². The fourth-order valence-corrected chi connectivity index (χ4v) is 2.73. The maximum absolute atomic E-state index is 9.96.